The van der Waals surface area contributed by atoms with E-state index >= 15 is 0 Å². The van der Waals surface area contributed by atoms with Crippen molar-refractivity contribution in [3.05, 3.63) is 83.9 Å². The van der Waals surface area contributed by atoms with Gasteiger partial charge in [-0.2, -0.15) is 0 Å². The van der Waals surface area contributed by atoms with E-state index in [-0.39, 0.29) is 5.91 Å². The highest BCUT2D eigenvalue weighted by atomic mass is 16.5. The van der Waals surface area contributed by atoms with Crippen molar-refractivity contribution < 1.29 is 14.3 Å². The van der Waals surface area contributed by atoms with Crippen molar-refractivity contribution in [3.8, 4) is 11.5 Å². The fourth-order valence-electron chi connectivity index (χ4n) is 4.93. The van der Waals surface area contributed by atoms with Crippen LogP contribution in [0.2, 0.25) is 0 Å². The van der Waals surface area contributed by atoms with Crippen LogP contribution in [0.15, 0.2) is 72.8 Å². The van der Waals surface area contributed by atoms with Gasteiger partial charge in [0.05, 0.1) is 37.2 Å². The maximum absolute atomic E-state index is 13.3. The molecule has 0 N–H and O–H groups in total. The van der Waals surface area contributed by atoms with Crippen LogP contribution in [-0.4, -0.2) is 59.8 Å². The lowest BCUT2D eigenvalue weighted by Crippen LogP contribution is -2.50. The first kappa shape index (κ1) is 24.7. The minimum Gasteiger partial charge on any atom is -0.490 e. The molecule has 1 aromatic heterocycles. The van der Waals surface area contributed by atoms with Crippen LogP contribution < -0.4 is 14.4 Å². The standard InChI is InChI=1S/C30H34N4O3/c1-3-36-27-16-10-13-24(29(27)37-4-2)21-28(35)32-17-19-33(20-18-32)30-31-25-14-8-9-15-26(25)34(30)22-23-11-6-5-7-12-23/h5-16H,3-4,17-22H2,1-2H3. The molecule has 4 aromatic rings. The largest absolute Gasteiger partial charge is 0.490 e. The fraction of sp³-hybridized carbons (Fsp3) is 0.333. The van der Waals surface area contributed by atoms with E-state index < -0.39 is 0 Å². The zero-order valence-corrected chi connectivity index (χ0v) is 21.6. The number of amides is 1. The Hall–Kier alpha value is -4.00. The summed E-state index contributed by atoms with van der Waals surface area (Å²) in [5.41, 5.74) is 4.21. The first-order valence-corrected chi connectivity index (χ1v) is 13.1. The number of fused-ring (bicyclic) bond motifs is 1. The second-order valence-electron chi connectivity index (χ2n) is 9.13. The zero-order valence-electron chi connectivity index (χ0n) is 21.6. The number of nitrogens with zero attached hydrogens (tertiary/aromatic N) is 4. The van der Waals surface area contributed by atoms with E-state index in [4.69, 9.17) is 14.5 Å². The molecule has 3 aromatic carbocycles. The summed E-state index contributed by atoms with van der Waals surface area (Å²) >= 11 is 0. The summed E-state index contributed by atoms with van der Waals surface area (Å²) in [7, 11) is 0. The summed E-state index contributed by atoms with van der Waals surface area (Å²) in [4.78, 5) is 22.5. The number of hydrogen-bond acceptors (Lipinski definition) is 5. The first-order chi connectivity index (χ1) is 18.2. The van der Waals surface area contributed by atoms with E-state index in [1.165, 1.54) is 5.56 Å². The SMILES string of the molecule is CCOc1cccc(CC(=O)N2CCN(c3nc4ccccc4n3Cc3ccccc3)CC2)c1OCC. The van der Waals surface area contributed by atoms with Gasteiger partial charge < -0.3 is 23.8 Å². The van der Waals surface area contributed by atoms with Gasteiger partial charge in [0.25, 0.3) is 0 Å². The summed E-state index contributed by atoms with van der Waals surface area (Å²) in [5.74, 6) is 2.43. The van der Waals surface area contributed by atoms with Crippen LogP contribution in [0.25, 0.3) is 11.0 Å². The monoisotopic (exact) mass is 498 g/mol. The molecule has 0 saturated carbocycles. The number of rotatable bonds is 9. The highest BCUT2D eigenvalue weighted by Crippen LogP contribution is 2.32. The van der Waals surface area contributed by atoms with Gasteiger partial charge >= 0.3 is 0 Å². The van der Waals surface area contributed by atoms with Gasteiger partial charge in [0.15, 0.2) is 11.5 Å². The predicted octanol–water partition coefficient (Wildman–Crippen LogP) is 4.77. The number of benzene rings is 3. The molecule has 0 radical (unpaired) electrons. The van der Waals surface area contributed by atoms with Crippen LogP contribution in [0.5, 0.6) is 11.5 Å². The van der Waals surface area contributed by atoms with Crippen LogP contribution >= 0.6 is 0 Å². The van der Waals surface area contributed by atoms with E-state index in [9.17, 15) is 4.79 Å². The molecular weight excluding hydrogens is 464 g/mol. The third-order valence-electron chi connectivity index (χ3n) is 6.72. The van der Waals surface area contributed by atoms with Crippen LogP contribution in [0.4, 0.5) is 5.95 Å². The predicted molar refractivity (Wildman–Crippen MR) is 147 cm³/mol. The molecule has 37 heavy (non-hydrogen) atoms. The van der Waals surface area contributed by atoms with E-state index in [2.05, 4.69) is 51.9 Å². The van der Waals surface area contributed by atoms with Crippen LogP contribution in [0, 0.1) is 0 Å². The Morgan fingerprint density at radius 3 is 2.32 bits per heavy atom. The number of para-hydroxylation sites is 3. The summed E-state index contributed by atoms with van der Waals surface area (Å²) in [5, 5.41) is 0. The smallest absolute Gasteiger partial charge is 0.227 e. The average Bonchev–Trinajstić information content (AvgIpc) is 3.29. The zero-order chi connectivity index (χ0) is 25.6. The molecule has 0 atom stereocenters. The average molecular weight is 499 g/mol. The maximum Gasteiger partial charge on any atom is 0.227 e. The van der Waals surface area contributed by atoms with Gasteiger partial charge in [-0.25, -0.2) is 4.98 Å². The number of carbonyl (C=O) groups is 1. The Bertz CT molecular complexity index is 1340. The van der Waals surface area contributed by atoms with Crippen LogP contribution in [0.3, 0.4) is 0 Å². The first-order valence-electron chi connectivity index (χ1n) is 13.1. The second kappa shape index (κ2) is 11.4. The lowest BCUT2D eigenvalue weighted by molar-refractivity contribution is -0.130. The van der Waals surface area contributed by atoms with Crippen molar-refractivity contribution in [2.75, 3.05) is 44.3 Å². The maximum atomic E-state index is 13.3. The molecule has 192 valence electrons. The minimum atomic E-state index is 0.104. The Balaban J connectivity index is 1.30. The molecule has 1 amide bonds. The van der Waals surface area contributed by atoms with Crippen molar-refractivity contribution in [1.29, 1.82) is 0 Å². The van der Waals surface area contributed by atoms with E-state index in [1.807, 2.05) is 49.1 Å². The number of carbonyl (C=O) groups excluding carboxylic acids is 1. The molecular formula is C30H34N4O3. The van der Waals surface area contributed by atoms with Gasteiger partial charge in [0, 0.05) is 31.7 Å². The summed E-state index contributed by atoms with van der Waals surface area (Å²) in [6, 6.07) is 24.5. The molecule has 7 nitrogen and oxygen atoms in total. The molecule has 0 bridgehead atoms. The normalized spacial score (nSPS) is 13.7. The number of ether oxygens (including phenoxy) is 2. The molecule has 5 rings (SSSR count). The van der Waals surface area contributed by atoms with E-state index in [1.54, 1.807) is 0 Å². The molecule has 2 heterocycles. The van der Waals surface area contributed by atoms with Crippen LogP contribution in [-0.2, 0) is 17.8 Å². The van der Waals surface area contributed by atoms with Crippen molar-refractivity contribution in [1.82, 2.24) is 14.5 Å². The molecule has 0 aliphatic carbocycles. The van der Waals surface area contributed by atoms with Crippen LogP contribution in [0.1, 0.15) is 25.0 Å². The topological polar surface area (TPSA) is 59.8 Å². The molecule has 7 heteroatoms. The number of imidazole rings is 1. The molecule has 1 fully saturated rings. The Labute approximate surface area is 218 Å². The summed E-state index contributed by atoms with van der Waals surface area (Å²) in [6.45, 7) is 8.50. The molecule has 0 unspecified atom stereocenters. The molecule has 1 aliphatic heterocycles. The highest BCUT2D eigenvalue weighted by molar-refractivity contribution is 5.81. The lowest BCUT2D eigenvalue weighted by Gasteiger charge is -2.35. The molecule has 0 spiro atoms. The van der Waals surface area contributed by atoms with Crippen molar-refractivity contribution in [2.24, 2.45) is 0 Å². The molecule has 1 aliphatic rings. The fourth-order valence-corrected chi connectivity index (χ4v) is 4.93. The summed E-state index contributed by atoms with van der Waals surface area (Å²) in [6.07, 6.45) is 0.294. The van der Waals surface area contributed by atoms with Gasteiger partial charge in [-0.1, -0.05) is 54.6 Å². The minimum absolute atomic E-state index is 0.104. The van der Waals surface area contributed by atoms with Crippen molar-refractivity contribution in [2.45, 2.75) is 26.8 Å². The van der Waals surface area contributed by atoms with Gasteiger partial charge in [-0.05, 0) is 37.6 Å². The quantitative estimate of drug-likeness (QED) is 0.333. The summed E-state index contributed by atoms with van der Waals surface area (Å²) < 4.78 is 13.9. The number of aromatic nitrogens is 2. The highest BCUT2D eigenvalue weighted by Gasteiger charge is 2.26. The Morgan fingerprint density at radius 2 is 1.57 bits per heavy atom. The third kappa shape index (κ3) is 5.40. The lowest BCUT2D eigenvalue weighted by atomic mass is 10.1. The number of hydrogen-bond donors (Lipinski definition) is 0. The number of piperazine rings is 1. The Morgan fingerprint density at radius 1 is 0.838 bits per heavy atom. The van der Waals surface area contributed by atoms with Gasteiger partial charge in [0.1, 0.15) is 0 Å². The molecule has 1 saturated heterocycles. The van der Waals surface area contributed by atoms with E-state index in [0.29, 0.717) is 44.2 Å². The van der Waals surface area contributed by atoms with Gasteiger partial charge in [0.2, 0.25) is 11.9 Å². The van der Waals surface area contributed by atoms with Crippen molar-refractivity contribution in [3.63, 3.8) is 0 Å². The van der Waals surface area contributed by atoms with Crippen molar-refractivity contribution >= 4 is 22.9 Å². The second-order valence-corrected chi connectivity index (χ2v) is 9.13. The van der Waals surface area contributed by atoms with Gasteiger partial charge in [-0.3, -0.25) is 4.79 Å². The van der Waals surface area contributed by atoms with Gasteiger partial charge in [-0.15, -0.1) is 0 Å². The number of anilines is 1. The third-order valence-corrected chi connectivity index (χ3v) is 6.72. The Kier molecular flexibility index (Phi) is 7.59. The van der Waals surface area contributed by atoms with E-state index in [0.717, 1.165) is 42.2 Å².